The van der Waals surface area contributed by atoms with Gasteiger partial charge in [-0.15, -0.1) is 0 Å². The summed E-state index contributed by atoms with van der Waals surface area (Å²) in [6.07, 6.45) is 2.48. The highest BCUT2D eigenvalue weighted by Crippen LogP contribution is 2.14. The number of amides is 1. The number of rotatable bonds is 6. The van der Waals surface area contributed by atoms with Crippen LogP contribution in [-0.4, -0.2) is 32.8 Å². The molecule has 0 spiro atoms. The number of aromatic nitrogens is 2. The summed E-state index contributed by atoms with van der Waals surface area (Å²) >= 11 is 0. The van der Waals surface area contributed by atoms with Crippen LogP contribution in [0, 0.1) is 6.92 Å². The maximum atomic E-state index is 11.9. The number of carboxylic acid groups (broad SMARTS) is 1. The summed E-state index contributed by atoms with van der Waals surface area (Å²) in [6.45, 7) is 3.55. The molecule has 122 valence electrons. The number of aryl methyl sites for hydroxylation is 1. The molecule has 1 aromatic heterocycles. The maximum Gasteiger partial charge on any atom is 0.408 e. The molecule has 7 nitrogen and oxygen atoms in total. The maximum absolute atomic E-state index is 11.9. The van der Waals surface area contributed by atoms with Gasteiger partial charge in [0.2, 0.25) is 0 Å². The summed E-state index contributed by atoms with van der Waals surface area (Å²) in [6, 6.07) is 7.55. The number of hydrogen-bond donors (Lipinski definition) is 2. The largest absolute Gasteiger partial charge is 0.480 e. The van der Waals surface area contributed by atoms with Crippen LogP contribution < -0.4 is 5.32 Å². The Bertz CT molecular complexity index is 669. The topological polar surface area (TPSA) is 93.5 Å². The molecule has 2 aromatic rings. The monoisotopic (exact) mass is 317 g/mol. The van der Waals surface area contributed by atoms with Gasteiger partial charge in [0.15, 0.2) is 0 Å². The first-order valence-corrected chi connectivity index (χ1v) is 7.18. The molecule has 1 heterocycles. The smallest absolute Gasteiger partial charge is 0.408 e. The highest BCUT2D eigenvalue weighted by molar-refractivity contribution is 5.80. The fourth-order valence-corrected chi connectivity index (χ4v) is 2.26. The van der Waals surface area contributed by atoms with E-state index in [1.54, 1.807) is 30.8 Å². The van der Waals surface area contributed by atoms with Crippen molar-refractivity contribution in [3.63, 3.8) is 0 Å². The predicted octanol–water partition coefficient (Wildman–Crippen LogP) is 2.13. The van der Waals surface area contributed by atoms with Crippen molar-refractivity contribution < 1.29 is 19.4 Å². The second-order valence-electron chi connectivity index (χ2n) is 5.14. The zero-order valence-corrected chi connectivity index (χ0v) is 13.0. The number of alkyl carbamates (subject to hydrolysis) is 1. The molecule has 1 aromatic carbocycles. The predicted molar refractivity (Wildman–Crippen MR) is 82.9 cm³/mol. The van der Waals surface area contributed by atoms with Crippen molar-refractivity contribution in [2.24, 2.45) is 0 Å². The second kappa shape index (κ2) is 7.44. The van der Waals surface area contributed by atoms with Crippen LogP contribution in [0.25, 0.3) is 0 Å². The standard InChI is InChI=1S/C16H19N3O4/c1-11(19-9-8-17-12(19)2)14(15(20)21)18-16(22)23-10-13-6-4-3-5-7-13/h3-9,11,14H,10H2,1-2H3,(H,18,22)(H,20,21). The van der Waals surface area contributed by atoms with Gasteiger partial charge in [-0.1, -0.05) is 30.3 Å². The Hall–Kier alpha value is -2.83. The molecule has 2 N–H and O–H groups in total. The second-order valence-corrected chi connectivity index (χ2v) is 5.14. The SMILES string of the molecule is Cc1nccn1C(C)C(NC(=O)OCc1ccccc1)C(=O)O. The van der Waals surface area contributed by atoms with Gasteiger partial charge in [0, 0.05) is 12.4 Å². The molecule has 0 fully saturated rings. The van der Waals surface area contributed by atoms with Crippen LogP contribution in [0.5, 0.6) is 0 Å². The molecule has 2 atom stereocenters. The Morgan fingerprint density at radius 3 is 2.61 bits per heavy atom. The van der Waals surface area contributed by atoms with E-state index in [1.165, 1.54) is 0 Å². The average Bonchev–Trinajstić information content (AvgIpc) is 2.97. The summed E-state index contributed by atoms with van der Waals surface area (Å²) in [5.74, 6) is -0.467. The molecule has 2 rings (SSSR count). The van der Waals surface area contributed by atoms with E-state index in [1.807, 2.05) is 30.3 Å². The lowest BCUT2D eigenvalue weighted by Crippen LogP contribution is -2.46. The van der Waals surface area contributed by atoms with Gasteiger partial charge in [0.1, 0.15) is 18.5 Å². The van der Waals surface area contributed by atoms with E-state index < -0.39 is 24.1 Å². The van der Waals surface area contributed by atoms with E-state index in [-0.39, 0.29) is 6.61 Å². The van der Waals surface area contributed by atoms with Crippen LogP contribution in [0.4, 0.5) is 4.79 Å². The number of nitrogens with zero attached hydrogens (tertiary/aromatic N) is 2. The first-order valence-electron chi connectivity index (χ1n) is 7.18. The van der Waals surface area contributed by atoms with E-state index >= 15 is 0 Å². The number of imidazole rings is 1. The molecule has 0 aliphatic heterocycles. The van der Waals surface area contributed by atoms with Crippen molar-refractivity contribution in [1.29, 1.82) is 0 Å². The number of carboxylic acids is 1. The highest BCUT2D eigenvalue weighted by atomic mass is 16.5. The number of carbonyl (C=O) groups is 2. The van der Waals surface area contributed by atoms with Crippen molar-refractivity contribution in [3.8, 4) is 0 Å². The number of carbonyl (C=O) groups excluding carboxylic acids is 1. The van der Waals surface area contributed by atoms with Gasteiger partial charge in [-0.3, -0.25) is 0 Å². The Labute approximate surface area is 133 Å². The van der Waals surface area contributed by atoms with Crippen molar-refractivity contribution in [1.82, 2.24) is 14.9 Å². The molecule has 23 heavy (non-hydrogen) atoms. The van der Waals surface area contributed by atoms with Crippen molar-refractivity contribution in [3.05, 3.63) is 54.1 Å². The minimum atomic E-state index is -1.14. The Morgan fingerprint density at radius 2 is 2.04 bits per heavy atom. The minimum Gasteiger partial charge on any atom is -0.480 e. The number of nitrogens with one attached hydrogen (secondary N) is 1. The van der Waals surface area contributed by atoms with E-state index in [0.717, 1.165) is 5.56 Å². The van der Waals surface area contributed by atoms with Gasteiger partial charge in [0.05, 0.1) is 6.04 Å². The molecule has 0 aliphatic rings. The van der Waals surface area contributed by atoms with Gasteiger partial charge in [0.25, 0.3) is 0 Å². The van der Waals surface area contributed by atoms with E-state index in [4.69, 9.17) is 4.74 Å². The van der Waals surface area contributed by atoms with Gasteiger partial charge in [-0.05, 0) is 19.4 Å². The van der Waals surface area contributed by atoms with Gasteiger partial charge in [-0.25, -0.2) is 14.6 Å². The normalized spacial score (nSPS) is 13.1. The third-order valence-electron chi connectivity index (χ3n) is 3.54. The molecule has 0 radical (unpaired) electrons. The van der Waals surface area contributed by atoms with E-state index in [0.29, 0.717) is 5.82 Å². The lowest BCUT2D eigenvalue weighted by atomic mass is 10.1. The number of ether oxygens (including phenoxy) is 1. The minimum absolute atomic E-state index is 0.0808. The Balaban J connectivity index is 1.98. The fraction of sp³-hybridized carbons (Fsp3) is 0.312. The first kappa shape index (κ1) is 16.5. The third-order valence-corrected chi connectivity index (χ3v) is 3.54. The molecule has 0 bridgehead atoms. The molecule has 0 aliphatic carbocycles. The zero-order chi connectivity index (χ0) is 16.8. The molecular formula is C16H19N3O4. The zero-order valence-electron chi connectivity index (χ0n) is 13.0. The number of hydrogen-bond acceptors (Lipinski definition) is 4. The fourth-order valence-electron chi connectivity index (χ4n) is 2.26. The lowest BCUT2D eigenvalue weighted by Gasteiger charge is -2.23. The Morgan fingerprint density at radius 1 is 1.35 bits per heavy atom. The third kappa shape index (κ3) is 4.32. The highest BCUT2D eigenvalue weighted by Gasteiger charge is 2.29. The van der Waals surface area contributed by atoms with Gasteiger partial charge in [-0.2, -0.15) is 0 Å². The van der Waals surface area contributed by atoms with Crippen LogP contribution in [-0.2, 0) is 16.1 Å². The van der Waals surface area contributed by atoms with E-state index in [9.17, 15) is 14.7 Å². The van der Waals surface area contributed by atoms with Crippen LogP contribution in [0.1, 0.15) is 24.4 Å². The van der Waals surface area contributed by atoms with Gasteiger partial charge >= 0.3 is 12.1 Å². The molecule has 7 heteroatoms. The molecular weight excluding hydrogens is 298 g/mol. The Kier molecular flexibility index (Phi) is 5.35. The van der Waals surface area contributed by atoms with Gasteiger partial charge < -0.3 is 19.7 Å². The van der Waals surface area contributed by atoms with Crippen LogP contribution in [0.2, 0.25) is 0 Å². The van der Waals surface area contributed by atoms with Crippen LogP contribution in [0.15, 0.2) is 42.7 Å². The summed E-state index contributed by atoms with van der Waals surface area (Å²) in [7, 11) is 0. The van der Waals surface area contributed by atoms with Crippen molar-refractivity contribution >= 4 is 12.1 Å². The van der Waals surface area contributed by atoms with Crippen LogP contribution >= 0.6 is 0 Å². The van der Waals surface area contributed by atoms with Crippen LogP contribution in [0.3, 0.4) is 0 Å². The lowest BCUT2D eigenvalue weighted by molar-refractivity contribution is -0.140. The molecule has 1 amide bonds. The summed E-state index contributed by atoms with van der Waals surface area (Å²) in [5.41, 5.74) is 0.827. The number of benzene rings is 1. The molecule has 0 saturated carbocycles. The van der Waals surface area contributed by atoms with Crippen molar-refractivity contribution in [2.45, 2.75) is 32.5 Å². The first-order chi connectivity index (χ1) is 11.0. The summed E-state index contributed by atoms with van der Waals surface area (Å²) in [5, 5.41) is 11.8. The quantitative estimate of drug-likeness (QED) is 0.851. The summed E-state index contributed by atoms with van der Waals surface area (Å²) in [4.78, 5) is 27.4. The average molecular weight is 317 g/mol. The summed E-state index contributed by atoms with van der Waals surface area (Å²) < 4.78 is 6.76. The van der Waals surface area contributed by atoms with E-state index in [2.05, 4.69) is 10.3 Å². The molecule has 0 saturated heterocycles. The molecule has 2 unspecified atom stereocenters. The number of aliphatic carboxylic acids is 1. The van der Waals surface area contributed by atoms with Crippen molar-refractivity contribution in [2.75, 3.05) is 0 Å².